The first-order valence-electron chi connectivity index (χ1n) is 4.30. The van der Waals surface area contributed by atoms with E-state index in [1.54, 1.807) is 12.1 Å². The van der Waals surface area contributed by atoms with Gasteiger partial charge in [0.1, 0.15) is 5.58 Å². The normalized spacial score (nSPS) is 9.38. The second kappa shape index (κ2) is 3.85. The van der Waals surface area contributed by atoms with Crippen LogP contribution in [0.1, 0.15) is 13.8 Å². The molecular weight excluding hydrogens is 164 g/mol. The SMILES string of the molecule is CC.Nc1ccc2cc(N)oc2c1. The van der Waals surface area contributed by atoms with Crippen molar-refractivity contribution in [3.63, 3.8) is 0 Å². The summed E-state index contributed by atoms with van der Waals surface area (Å²) in [6.07, 6.45) is 0. The van der Waals surface area contributed by atoms with Gasteiger partial charge in [-0.2, -0.15) is 0 Å². The van der Waals surface area contributed by atoms with Gasteiger partial charge in [0.2, 0.25) is 0 Å². The second-order valence-corrected chi connectivity index (χ2v) is 2.45. The highest BCUT2D eigenvalue weighted by molar-refractivity contribution is 5.83. The minimum absolute atomic E-state index is 0.422. The van der Waals surface area contributed by atoms with E-state index in [9.17, 15) is 0 Å². The first-order valence-corrected chi connectivity index (χ1v) is 4.30. The summed E-state index contributed by atoms with van der Waals surface area (Å²) in [7, 11) is 0. The molecule has 0 unspecified atom stereocenters. The number of furan rings is 1. The zero-order chi connectivity index (χ0) is 9.84. The third kappa shape index (κ3) is 1.93. The minimum atomic E-state index is 0.422. The predicted molar refractivity (Wildman–Crippen MR) is 56.4 cm³/mol. The van der Waals surface area contributed by atoms with E-state index >= 15 is 0 Å². The minimum Gasteiger partial charge on any atom is -0.441 e. The molecule has 1 aromatic heterocycles. The van der Waals surface area contributed by atoms with E-state index in [0.29, 0.717) is 11.6 Å². The number of rotatable bonds is 0. The lowest BCUT2D eigenvalue weighted by atomic mass is 10.2. The van der Waals surface area contributed by atoms with Gasteiger partial charge in [-0.15, -0.1) is 0 Å². The van der Waals surface area contributed by atoms with Gasteiger partial charge in [0.15, 0.2) is 5.88 Å². The summed E-state index contributed by atoms with van der Waals surface area (Å²) in [5, 5.41) is 0.983. The van der Waals surface area contributed by atoms with E-state index in [1.807, 2.05) is 26.0 Å². The molecule has 1 heterocycles. The molecule has 0 amide bonds. The van der Waals surface area contributed by atoms with Crippen molar-refractivity contribution in [1.82, 2.24) is 0 Å². The van der Waals surface area contributed by atoms with Crippen LogP contribution in [0.15, 0.2) is 28.7 Å². The van der Waals surface area contributed by atoms with Gasteiger partial charge in [-0.3, -0.25) is 0 Å². The molecule has 2 aromatic rings. The largest absolute Gasteiger partial charge is 0.441 e. The van der Waals surface area contributed by atoms with Crippen LogP contribution in [0, 0.1) is 0 Å². The number of hydrogen-bond acceptors (Lipinski definition) is 3. The van der Waals surface area contributed by atoms with E-state index in [1.165, 1.54) is 0 Å². The summed E-state index contributed by atoms with van der Waals surface area (Å²) in [5.41, 5.74) is 12.4. The molecule has 0 fully saturated rings. The van der Waals surface area contributed by atoms with Crippen LogP contribution in [0.25, 0.3) is 11.0 Å². The molecule has 3 heteroatoms. The maximum atomic E-state index is 5.53. The molecule has 0 spiro atoms. The summed E-state index contributed by atoms with van der Waals surface area (Å²) in [6, 6.07) is 7.22. The second-order valence-electron chi connectivity index (χ2n) is 2.45. The average Bonchev–Trinajstić information content (AvgIpc) is 2.48. The molecule has 2 rings (SSSR count). The third-order valence-corrected chi connectivity index (χ3v) is 1.56. The lowest BCUT2D eigenvalue weighted by Crippen LogP contribution is -1.80. The van der Waals surface area contributed by atoms with Gasteiger partial charge in [-0.25, -0.2) is 0 Å². The molecular formula is C10H14N2O. The van der Waals surface area contributed by atoms with E-state index in [0.717, 1.165) is 11.0 Å². The van der Waals surface area contributed by atoms with Gasteiger partial charge in [-0.1, -0.05) is 13.8 Å². The van der Waals surface area contributed by atoms with Crippen LogP contribution in [0.4, 0.5) is 11.6 Å². The summed E-state index contributed by atoms with van der Waals surface area (Å²) in [5.74, 6) is 0.422. The molecule has 3 nitrogen and oxygen atoms in total. The first-order chi connectivity index (χ1) is 6.25. The molecule has 0 saturated heterocycles. The van der Waals surface area contributed by atoms with Crippen LogP contribution in [0.2, 0.25) is 0 Å². The van der Waals surface area contributed by atoms with Crippen molar-refractivity contribution in [2.24, 2.45) is 0 Å². The lowest BCUT2D eigenvalue weighted by Gasteiger charge is -1.89. The van der Waals surface area contributed by atoms with Crippen molar-refractivity contribution < 1.29 is 4.42 Å². The Morgan fingerprint density at radius 2 is 1.77 bits per heavy atom. The van der Waals surface area contributed by atoms with Crippen molar-refractivity contribution in [3.8, 4) is 0 Å². The molecule has 0 aliphatic rings. The monoisotopic (exact) mass is 178 g/mol. The maximum Gasteiger partial charge on any atom is 0.191 e. The van der Waals surface area contributed by atoms with E-state index in [2.05, 4.69) is 0 Å². The van der Waals surface area contributed by atoms with E-state index in [-0.39, 0.29) is 0 Å². The lowest BCUT2D eigenvalue weighted by molar-refractivity contribution is 0.637. The number of nitrogen functional groups attached to an aromatic ring is 2. The predicted octanol–water partition coefficient (Wildman–Crippen LogP) is 2.62. The van der Waals surface area contributed by atoms with Gasteiger partial charge >= 0.3 is 0 Å². The van der Waals surface area contributed by atoms with Crippen LogP contribution in [-0.4, -0.2) is 0 Å². The number of nitrogens with two attached hydrogens (primary N) is 2. The number of benzene rings is 1. The van der Waals surface area contributed by atoms with Crippen LogP contribution in [0.5, 0.6) is 0 Å². The zero-order valence-electron chi connectivity index (χ0n) is 7.87. The molecule has 0 atom stereocenters. The van der Waals surface area contributed by atoms with Crippen molar-refractivity contribution >= 4 is 22.5 Å². The van der Waals surface area contributed by atoms with Crippen LogP contribution in [-0.2, 0) is 0 Å². The van der Waals surface area contributed by atoms with Gasteiger partial charge in [0.25, 0.3) is 0 Å². The Bertz CT molecular complexity index is 393. The fourth-order valence-corrected chi connectivity index (χ4v) is 1.07. The van der Waals surface area contributed by atoms with E-state index in [4.69, 9.17) is 15.9 Å². The molecule has 13 heavy (non-hydrogen) atoms. The summed E-state index contributed by atoms with van der Waals surface area (Å²) in [4.78, 5) is 0. The molecule has 70 valence electrons. The van der Waals surface area contributed by atoms with Crippen molar-refractivity contribution in [2.75, 3.05) is 11.5 Å². The Labute approximate surface area is 77.3 Å². The Morgan fingerprint density at radius 1 is 1.08 bits per heavy atom. The highest BCUT2D eigenvalue weighted by atomic mass is 16.3. The Kier molecular flexibility index (Phi) is 2.80. The number of fused-ring (bicyclic) bond motifs is 1. The zero-order valence-corrected chi connectivity index (χ0v) is 7.87. The molecule has 0 saturated carbocycles. The van der Waals surface area contributed by atoms with Crippen LogP contribution < -0.4 is 11.5 Å². The summed E-state index contributed by atoms with van der Waals surface area (Å²) in [6.45, 7) is 4.00. The molecule has 4 N–H and O–H groups in total. The standard InChI is InChI=1S/C8H8N2O.C2H6/c9-6-2-1-5-3-8(10)11-7(5)4-6;1-2/h1-4H,9-10H2;1-2H3. The summed E-state index contributed by atoms with van der Waals surface area (Å²) >= 11 is 0. The first kappa shape index (κ1) is 9.45. The maximum absolute atomic E-state index is 5.53. The Morgan fingerprint density at radius 3 is 2.46 bits per heavy atom. The third-order valence-electron chi connectivity index (χ3n) is 1.56. The quantitative estimate of drug-likeness (QED) is 0.609. The Hall–Kier alpha value is -1.64. The number of hydrogen-bond donors (Lipinski definition) is 2. The smallest absolute Gasteiger partial charge is 0.191 e. The highest BCUT2D eigenvalue weighted by Gasteiger charge is 1.98. The van der Waals surface area contributed by atoms with Gasteiger partial charge in [-0.05, 0) is 12.1 Å². The highest BCUT2D eigenvalue weighted by Crippen LogP contribution is 2.22. The molecule has 0 aliphatic heterocycles. The molecule has 0 bridgehead atoms. The van der Waals surface area contributed by atoms with E-state index < -0.39 is 0 Å². The van der Waals surface area contributed by atoms with Crippen LogP contribution >= 0.6 is 0 Å². The van der Waals surface area contributed by atoms with Crippen molar-refractivity contribution in [3.05, 3.63) is 24.3 Å². The molecule has 1 aromatic carbocycles. The number of anilines is 2. The molecule has 0 aliphatic carbocycles. The van der Waals surface area contributed by atoms with Crippen LogP contribution in [0.3, 0.4) is 0 Å². The Balaban J connectivity index is 0.000000396. The van der Waals surface area contributed by atoms with Crippen molar-refractivity contribution in [1.29, 1.82) is 0 Å². The summed E-state index contributed by atoms with van der Waals surface area (Å²) < 4.78 is 5.15. The fraction of sp³-hybridized carbons (Fsp3) is 0.200. The molecule has 0 radical (unpaired) electrons. The van der Waals surface area contributed by atoms with Gasteiger partial charge < -0.3 is 15.9 Å². The fourth-order valence-electron chi connectivity index (χ4n) is 1.07. The average molecular weight is 178 g/mol. The van der Waals surface area contributed by atoms with Crippen molar-refractivity contribution in [2.45, 2.75) is 13.8 Å². The van der Waals surface area contributed by atoms with Gasteiger partial charge in [0.05, 0.1) is 0 Å². The van der Waals surface area contributed by atoms with Gasteiger partial charge in [0, 0.05) is 23.2 Å². The topological polar surface area (TPSA) is 65.2 Å².